The standard InChI is InChI=1S/C40H47N3O6S/c1-29-19-21-34(22-20-29)43(50(46,47)35-23-24-37(48-3)38(26-35)49-4)28-39(44)42(27-32-16-12-11-13-30(32)2)36(25-31-14-7-5-8-15-31)40(45)41-33-17-9-6-10-18-33/h5,7-8,11-16,19-24,26,33,36H,6,9-10,17-18,25,27-28H2,1-4H3,(H,41,45). The van der Waals surface area contributed by atoms with Crippen LogP contribution in [0, 0.1) is 13.8 Å². The van der Waals surface area contributed by atoms with Crippen LogP contribution in [-0.2, 0) is 32.6 Å². The summed E-state index contributed by atoms with van der Waals surface area (Å²) in [6, 6.07) is 27.8. The van der Waals surface area contributed by atoms with Crippen molar-refractivity contribution in [3.8, 4) is 11.5 Å². The summed E-state index contributed by atoms with van der Waals surface area (Å²) in [5, 5.41) is 3.26. The molecule has 1 saturated carbocycles. The lowest BCUT2D eigenvalue weighted by atomic mass is 9.94. The van der Waals surface area contributed by atoms with Crippen molar-refractivity contribution in [1.29, 1.82) is 0 Å². The van der Waals surface area contributed by atoms with Crippen molar-refractivity contribution in [1.82, 2.24) is 10.2 Å². The predicted octanol–water partition coefficient (Wildman–Crippen LogP) is 6.60. The van der Waals surface area contributed by atoms with E-state index < -0.39 is 28.5 Å². The number of anilines is 1. The third-order valence-electron chi connectivity index (χ3n) is 9.37. The van der Waals surface area contributed by atoms with E-state index in [9.17, 15) is 18.0 Å². The summed E-state index contributed by atoms with van der Waals surface area (Å²) in [4.78, 5) is 30.6. The van der Waals surface area contributed by atoms with E-state index in [1.165, 1.54) is 32.4 Å². The number of rotatable bonds is 14. The molecule has 4 aromatic rings. The van der Waals surface area contributed by atoms with Gasteiger partial charge in [0.2, 0.25) is 11.8 Å². The van der Waals surface area contributed by atoms with Gasteiger partial charge < -0.3 is 19.7 Å². The average Bonchev–Trinajstić information content (AvgIpc) is 3.13. The van der Waals surface area contributed by atoms with Gasteiger partial charge in [-0.2, -0.15) is 0 Å². The summed E-state index contributed by atoms with van der Waals surface area (Å²) in [6.45, 7) is 3.46. The van der Waals surface area contributed by atoms with Gasteiger partial charge in [0, 0.05) is 25.1 Å². The minimum absolute atomic E-state index is 0.0272. The fraction of sp³-hybridized carbons (Fsp3) is 0.350. The highest BCUT2D eigenvalue weighted by atomic mass is 32.2. The first-order valence-electron chi connectivity index (χ1n) is 17.1. The van der Waals surface area contributed by atoms with Crippen LogP contribution in [0.5, 0.6) is 11.5 Å². The maximum absolute atomic E-state index is 14.8. The molecular weight excluding hydrogens is 651 g/mol. The van der Waals surface area contributed by atoms with Gasteiger partial charge in [0.25, 0.3) is 10.0 Å². The van der Waals surface area contributed by atoms with Crippen molar-refractivity contribution in [3.05, 3.63) is 119 Å². The molecule has 1 aliphatic rings. The molecule has 0 aromatic heterocycles. The number of carbonyl (C=O) groups is 2. The largest absolute Gasteiger partial charge is 0.493 e. The van der Waals surface area contributed by atoms with Gasteiger partial charge in [-0.15, -0.1) is 0 Å². The smallest absolute Gasteiger partial charge is 0.264 e. The Hall–Kier alpha value is -4.83. The van der Waals surface area contributed by atoms with E-state index in [1.54, 1.807) is 29.2 Å². The lowest BCUT2D eigenvalue weighted by Gasteiger charge is -2.35. The molecule has 0 saturated heterocycles. The minimum atomic E-state index is -4.31. The van der Waals surface area contributed by atoms with Crippen molar-refractivity contribution in [2.24, 2.45) is 0 Å². The summed E-state index contributed by atoms with van der Waals surface area (Å²) in [6.07, 6.45) is 5.27. The van der Waals surface area contributed by atoms with Gasteiger partial charge in [0.1, 0.15) is 12.6 Å². The minimum Gasteiger partial charge on any atom is -0.493 e. The molecule has 10 heteroatoms. The molecule has 5 rings (SSSR count). The van der Waals surface area contributed by atoms with Gasteiger partial charge >= 0.3 is 0 Å². The predicted molar refractivity (Wildman–Crippen MR) is 196 cm³/mol. The van der Waals surface area contributed by atoms with E-state index >= 15 is 0 Å². The molecular formula is C40H47N3O6S. The Kier molecular flexibility index (Phi) is 12.2. The van der Waals surface area contributed by atoms with Crippen molar-refractivity contribution < 1.29 is 27.5 Å². The molecule has 1 unspecified atom stereocenters. The van der Waals surface area contributed by atoms with E-state index in [2.05, 4.69) is 5.32 Å². The van der Waals surface area contributed by atoms with Gasteiger partial charge in [-0.1, -0.05) is 91.6 Å². The van der Waals surface area contributed by atoms with Crippen molar-refractivity contribution in [3.63, 3.8) is 0 Å². The number of amides is 2. The molecule has 0 aliphatic heterocycles. The molecule has 1 fully saturated rings. The van der Waals surface area contributed by atoms with E-state index in [-0.39, 0.29) is 35.6 Å². The molecule has 1 N–H and O–H groups in total. The van der Waals surface area contributed by atoms with E-state index in [4.69, 9.17) is 9.47 Å². The van der Waals surface area contributed by atoms with Crippen molar-refractivity contribution >= 4 is 27.5 Å². The van der Waals surface area contributed by atoms with Crippen LogP contribution >= 0.6 is 0 Å². The van der Waals surface area contributed by atoms with Crippen LogP contribution in [0.4, 0.5) is 5.69 Å². The molecule has 1 aliphatic carbocycles. The third kappa shape index (κ3) is 8.84. The topological polar surface area (TPSA) is 105 Å². The Morgan fingerprint density at radius 2 is 1.48 bits per heavy atom. The number of carbonyl (C=O) groups excluding carboxylic acids is 2. The first-order valence-corrected chi connectivity index (χ1v) is 18.5. The van der Waals surface area contributed by atoms with Crippen molar-refractivity contribution in [2.45, 2.75) is 75.9 Å². The Morgan fingerprint density at radius 1 is 0.820 bits per heavy atom. The number of hydrogen-bond donors (Lipinski definition) is 1. The zero-order chi connectivity index (χ0) is 35.7. The van der Waals surface area contributed by atoms with Crippen LogP contribution < -0.4 is 19.1 Å². The highest BCUT2D eigenvalue weighted by Crippen LogP contribution is 2.33. The number of methoxy groups -OCH3 is 2. The van der Waals surface area contributed by atoms with Gasteiger partial charge in [-0.05, 0) is 67.6 Å². The summed E-state index contributed by atoms with van der Waals surface area (Å²) >= 11 is 0. The fourth-order valence-electron chi connectivity index (χ4n) is 6.41. The van der Waals surface area contributed by atoms with Crippen LogP contribution in [0.15, 0.2) is 102 Å². The van der Waals surface area contributed by atoms with E-state index in [0.29, 0.717) is 11.4 Å². The zero-order valence-electron chi connectivity index (χ0n) is 29.3. The summed E-state index contributed by atoms with van der Waals surface area (Å²) in [5.41, 5.74) is 3.99. The van der Waals surface area contributed by atoms with Crippen LogP contribution in [0.1, 0.15) is 54.4 Å². The molecule has 50 heavy (non-hydrogen) atoms. The van der Waals surface area contributed by atoms with Gasteiger partial charge in [-0.25, -0.2) is 8.42 Å². The first kappa shape index (κ1) is 36.5. The third-order valence-corrected chi connectivity index (χ3v) is 11.1. The van der Waals surface area contributed by atoms with Crippen molar-refractivity contribution in [2.75, 3.05) is 25.1 Å². The van der Waals surface area contributed by atoms with Crippen LogP contribution in [0.25, 0.3) is 0 Å². The highest BCUT2D eigenvalue weighted by molar-refractivity contribution is 7.92. The maximum atomic E-state index is 14.8. The first-order chi connectivity index (χ1) is 24.1. The molecule has 0 radical (unpaired) electrons. The van der Waals surface area contributed by atoms with E-state index in [0.717, 1.165) is 58.7 Å². The quantitative estimate of drug-likeness (QED) is 0.159. The Labute approximate surface area is 296 Å². The fourth-order valence-corrected chi connectivity index (χ4v) is 7.84. The number of sulfonamides is 1. The number of ether oxygens (including phenoxy) is 2. The highest BCUT2D eigenvalue weighted by Gasteiger charge is 2.36. The molecule has 2 amide bonds. The average molecular weight is 698 g/mol. The number of nitrogens with zero attached hydrogens (tertiary/aromatic N) is 2. The molecule has 0 spiro atoms. The van der Waals surface area contributed by atoms with Crippen LogP contribution in [-0.4, -0.2) is 58.0 Å². The zero-order valence-corrected chi connectivity index (χ0v) is 30.1. The second-order valence-electron chi connectivity index (χ2n) is 12.9. The SMILES string of the molecule is COc1ccc(S(=O)(=O)N(CC(=O)N(Cc2ccccc2C)C(Cc2ccccc2)C(=O)NC2CCCCC2)c2ccc(C)cc2)cc1OC. The number of hydrogen-bond acceptors (Lipinski definition) is 6. The molecule has 1 atom stereocenters. The Morgan fingerprint density at radius 3 is 2.14 bits per heavy atom. The molecule has 264 valence electrons. The molecule has 4 aromatic carbocycles. The van der Waals surface area contributed by atoms with Crippen LogP contribution in [0.3, 0.4) is 0 Å². The van der Waals surface area contributed by atoms with E-state index in [1.807, 2.05) is 68.4 Å². The molecule has 0 heterocycles. The summed E-state index contributed by atoms with van der Waals surface area (Å²) in [7, 11) is -1.40. The maximum Gasteiger partial charge on any atom is 0.264 e. The van der Waals surface area contributed by atoms with Gasteiger partial charge in [0.15, 0.2) is 11.5 Å². The summed E-state index contributed by atoms with van der Waals surface area (Å²) < 4.78 is 40.9. The number of benzene rings is 4. The normalized spacial score (nSPS) is 14.0. The van der Waals surface area contributed by atoms with Crippen LogP contribution in [0.2, 0.25) is 0 Å². The lowest BCUT2D eigenvalue weighted by molar-refractivity contribution is -0.140. The second-order valence-corrected chi connectivity index (χ2v) is 14.7. The summed E-state index contributed by atoms with van der Waals surface area (Å²) in [5.74, 6) is -0.126. The number of nitrogens with one attached hydrogen (secondary N) is 1. The monoisotopic (exact) mass is 697 g/mol. The lowest BCUT2D eigenvalue weighted by Crippen LogP contribution is -2.55. The second kappa shape index (κ2) is 16.7. The molecule has 9 nitrogen and oxygen atoms in total. The van der Waals surface area contributed by atoms with Gasteiger partial charge in [0.05, 0.1) is 24.8 Å². The number of aryl methyl sites for hydroxylation is 2. The Balaban J connectivity index is 1.58. The Bertz CT molecular complexity index is 1860. The molecule has 0 bridgehead atoms. The van der Waals surface area contributed by atoms with Gasteiger partial charge in [-0.3, -0.25) is 13.9 Å².